The highest BCUT2D eigenvalue weighted by atomic mass is 16.4. The molecular formula is C19H30O5. The van der Waals surface area contributed by atoms with Gasteiger partial charge in [0.25, 0.3) is 0 Å². The molecule has 0 aliphatic heterocycles. The lowest BCUT2D eigenvalue weighted by atomic mass is 9.51. The van der Waals surface area contributed by atoms with Gasteiger partial charge in [0.2, 0.25) is 0 Å². The molecule has 0 radical (unpaired) electrons. The zero-order valence-corrected chi connectivity index (χ0v) is 14.7. The predicted molar refractivity (Wildman–Crippen MR) is 88.3 cm³/mol. The Morgan fingerprint density at radius 3 is 2.42 bits per heavy atom. The fourth-order valence-electron chi connectivity index (χ4n) is 6.08. The Kier molecular flexibility index (Phi) is 4.54. The van der Waals surface area contributed by atoms with Gasteiger partial charge in [0, 0.05) is 18.3 Å². The van der Waals surface area contributed by atoms with Gasteiger partial charge in [0.1, 0.15) is 5.78 Å². The van der Waals surface area contributed by atoms with Crippen molar-refractivity contribution in [3.05, 3.63) is 0 Å². The van der Waals surface area contributed by atoms with Crippen molar-refractivity contribution in [3.8, 4) is 0 Å². The van der Waals surface area contributed by atoms with Gasteiger partial charge in [0.15, 0.2) is 0 Å². The summed E-state index contributed by atoms with van der Waals surface area (Å²) in [7, 11) is 0. The maximum absolute atomic E-state index is 12.7. The van der Waals surface area contributed by atoms with Crippen LogP contribution in [-0.2, 0) is 9.59 Å². The first kappa shape index (κ1) is 17.9. The summed E-state index contributed by atoms with van der Waals surface area (Å²) >= 11 is 0. The van der Waals surface area contributed by atoms with Crippen molar-refractivity contribution in [2.75, 3.05) is 0 Å². The molecule has 3 fully saturated rings. The lowest BCUT2D eigenvalue weighted by Crippen LogP contribution is -2.52. The monoisotopic (exact) mass is 338 g/mol. The smallest absolute Gasteiger partial charge is 0.303 e. The van der Waals surface area contributed by atoms with Gasteiger partial charge in [-0.05, 0) is 61.7 Å². The molecule has 3 N–H and O–H groups in total. The fraction of sp³-hybridized carbons (Fsp3) is 0.895. The number of hydrogen-bond acceptors (Lipinski definition) is 4. The van der Waals surface area contributed by atoms with E-state index in [1.165, 1.54) is 0 Å². The topological polar surface area (TPSA) is 94.8 Å². The average Bonchev–Trinajstić information content (AvgIpc) is 2.79. The molecule has 3 aliphatic carbocycles. The summed E-state index contributed by atoms with van der Waals surface area (Å²) in [5, 5.41) is 29.7. The van der Waals surface area contributed by atoms with E-state index >= 15 is 0 Å². The van der Waals surface area contributed by atoms with Crippen molar-refractivity contribution in [2.45, 2.75) is 77.4 Å². The van der Waals surface area contributed by atoms with Gasteiger partial charge < -0.3 is 15.3 Å². The molecule has 0 aromatic rings. The Balaban J connectivity index is 1.92. The summed E-state index contributed by atoms with van der Waals surface area (Å²) in [5.41, 5.74) is -0.752. The van der Waals surface area contributed by atoms with Crippen LogP contribution in [0.15, 0.2) is 0 Å². The van der Waals surface area contributed by atoms with E-state index in [9.17, 15) is 24.9 Å². The Bertz CT molecular complexity index is 532. The third kappa shape index (κ3) is 2.70. The van der Waals surface area contributed by atoms with Crippen molar-refractivity contribution in [1.82, 2.24) is 0 Å². The summed E-state index contributed by atoms with van der Waals surface area (Å²) in [5.74, 6) is -0.593. The molecule has 0 aromatic heterocycles. The third-order valence-electron chi connectivity index (χ3n) is 7.67. The number of aliphatic carboxylic acids is 1. The zero-order chi connectivity index (χ0) is 17.7. The van der Waals surface area contributed by atoms with Crippen LogP contribution >= 0.6 is 0 Å². The second-order valence-corrected chi connectivity index (χ2v) is 8.85. The van der Waals surface area contributed by atoms with Gasteiger partial charge in [0.05, 0.1) is 12.2 Å². The summed E-state index contributed by atoms with van der Waals surface area (Å²) in [6.45, 7) is 4.07. The molecule has 0 saturated heterocycles. The molecule has 0 bridgehead atoms. The minimum Gasteiger partial charge on any atom is -0.481 e. The number of ketones is 1. The molecule has 0 aromatic carbocycles. The number of carbonyl (C=O) groups is 2. The molecule has 3 saturated carbocycles. The lowest BCUT2D eigenvalue weighted by molar-refractivity contribution is -0.152. The maximum Gasteiger partial charge on any atom is 0.303 e. The molecule has 7 atom stereocenters. The highest BCUT2D eigenvalue weighted by molar-refractivity contribution is 5.86. The number of rotatable bonds is 3. The number of carboxylic acid groups (broad SMARTS) is 1. The molecule has 24 heavy (non-hydrogen) atoms. The second-order valence-electron chi connectivity index (χ2n) is 8.85. The van der Waals surface area contributed by atoms with Gasteiger partial charge in [-0.1, -0.05) is 13.8 Å². The molecule has 136 valence electrons. The minimum atomic E-state index is -0.817. The molecule has 0 spiro atoms. The SMILES string of the molecule is CC1(C2CCC3(C)C(O)CCC3C2CC(=O)O)CCC(O)CC1=O. The Labute approximate surface area is 143 Å². The largest absolute Gasteiger partial charge is 0.481 e. The van der Waals surface area contributed by atoms with E-state index in [0.717, 1.165) is 25.7 Å². The lowest BCUT2D eigenvalue weighted by Gasteiger charge is -2.53. The maximum atomic E-state index is 12.7. The van der Waals surface area contributed by atoms with Gasteiger partial charge in [-0.25, -0.2) is 0 Å². The van der Waals surface area contributed by atoms with Crippen LogP contribution < -0.4 is 0 Å². The summed E-state index contributed by atoms with van der Waals surface area (Å²) in [6.07, 6.45) is 3.82. The van der Waals surface area contributed by atoms with E-state index in [4.69, 9.17) is 0 Å². The minimum absolute atomic E-state index is 0.0389. The first-order chi connectivity index (χ1) is 11.2. The van der Waals surface area contributed by atoms with Crippen molar-refractivity contribution in [2.24, 2.45) is 28.6 Å². The first-order valence-corrected chi connectivity index (χ1v) is 9.29. The Hall–Kier alpha value is -0.940. The number of fused-ring (bicyclic) bond motifs is 1. The van der Waals surface area contributed by atoms with E-state index in [2.05, 4.69) is 6.92 Å². The molecule has 3 rings (SSSR count). The molecule has 3 aliphatic rings. The van der Waals surface area contributed by atoms with Crippen molar-refractivity contribution in [1.29, 1.82) is 0 Å². The summed E-state index contributed by atoms with van der Waals surface area (Å²) in [4.78, 5) is 24.3. The number of hydrogen-bond donors (Lipinski definition) is 3. The van der Waals surface area contributed by atoms with E-state index in [1.54, 1.807) is 0 Å². The van der Waals surface area contributed by atoms with Crippen LogP contribution in [-0.4, -0.2) is 39.3 Å². The van der Waals surface area contributed by atoms with Gasteiger partial charge in [-0.15, -0.1) is 0 Å². The van der Waals surface area contributed by atoms with Crippen molar-refractivity contribution < 1.29 is 24.9 Å². The van der Waals surface area contributed by atoms with E-state index in [1.807, 2.05) is 6.92 Å². The predicted octanol–water partition coefficient (Wildman–Crippen LogP) is 2.38. The fourth-order valence-corrected chi connectivity index (χ4v) is 6.08. The van der Waals surface area contributed by atoms with Crippen LogP contribution in [0.3, 0.4) is 0 Å². The number of carbonyl (C=O) groups excluding carboxylic acids is 1. The highest BCUT2D eigenvalue weighted by Crippen LogP contribution is 2.61. The van der Waals surface area contributed by atoms with Crippen LogP contribution in [0, 0.1) is 28.6 Å². The Morgan fingerprint density at radius 1 is 1.08 bits per heavy atom. The summed E-state index contributed by atoms with van der Waals surface area (Å²) < 4.78 is 0. The number of carboxylic acids is 1. The molecule has 0 heterocycles. The van der Waals surface area contributed by atoms with E-state index < -0.39 is 17.5 Å². The van der Waals surface area contributed by atoms with Crippen LogP contribution in [0.4, 0.5) is 0 Å². The van der Waals surface area contributed by atoms with Gasteiger partial charge in [-0.2, -0.15) is 0 Å². The second kappa shape index (κ2) is 6.10. The average molecular weight is 338 g/mol. The van der Waals surface area contributed by atoms with Crippen LogP contribution in [0.25, 0.3) is 0 Å². The zero-order valence-electron chi connectivity index (χ0n) is 14.7. The molecular weight excluding hydrogens is 308 g/mol. The van der Waals surface area contributed by atoms with Crippen LogP contribution in [0.2, 0.25) is 0 Å². The first-order valence-electron chi connectivity index (χ1n) is 9.29. The third-order valence-corrected chi connectivity index (χ3v) is 7.67. The van der Waals surface area contributed by atoms with Crippen molar-refractivity contribution in [3.63, 3.8) is 0 Å². The molecule has 5 nitrogen and oxygen atoms in total. The van der Waals surface area contributed by atoms with E-state index in [0.29, 0.717) is 12.8 Å². The van der Waals surface area contributed by atoms with Crippen LogP contribution in [0.1, 0.15) is 65.2 Å². The number of aliphatic hydroxyl groups excluding tert-OH is 2. The van der Waals surface area contributed by atoms with Gasteiger partial charge >= 0.3 is 5.97 Å². The standard InChI is InChI=1S/C19H30O5/c1-18-8-6-14(19(2)7-5-11(20)9-16(19)22)12(10-17(23)24)13(18)3-4-15(18)21/h11-15,20-21H,3-10H2,1-2H3,(H,23,24). The van der Waals surface area contributed by atoms with Crippen molar-refractivity contribution >= 4 is 11.8 Å². The summed E-state index contributed by atoms with van der Waals surface area (Å²) in [6, 6.07) is 0. The normalized spacial score (nSPS) is 49.0. The quantitative estimate of drug-likeness (QED) is 0.734. The Morgan fingerprint density at radius 2 is 1.79 bits per heavy atom. The highest BCUT2D eigenvalue weighted by Gasteiger charge is 2.58. The molecule has 5 heteroatoms. The van der Waals surface area contributed by atoms with Gasteiger partial charge in [-0.3, -0.25) is 9.59 Å². The van der Waals surface area contributed by atoms with Crippen LogP contribution in [0.5, 0.6) is 0 Å². The molecule has 7 unspecified atom stereocenters. The number of Topliss-reactive ketones (excluding diaryl/α,β-unsaturated/α-hetero) is 1. The van der Waals surface area contributed by atoms with E-state index in [-0.39, 0.29) is 47.9 Å². The number of aliphatic hydroxyl groups is 2. The molecule has 0 amide bonds.